The van der Waals surface area contributed by atoms with Crippen LogP contribution in [0, 0.1) is 0 Å². The molecule has 1 unspecified atom stereocenters. The van der Waals surface area contributed by atoms with E-state index in [0.29, 0.717) is 25.2 Å². The van der Waals surface area contributed by atoms with Crippen molar-refractivity contribution in [1.29, 1.82) is 0 Å². The van der Waals surface area contributed by atoms with Crippen LogP contribution in [0.15, 0.2) is 91.0 Å². The Labute approximate surface area is 218 Å². The normalized spacial score (nSPS) is 13.2. The van der Waals surface area contributed by atoms with E-state index in [-0.39, 0.29) is 0 Å². The van der Waals surface area contributed by atoms with Gasteiger partial charge in [-0.3, -0.25) is 0 Å². The molecule has 36 heavy (non-hydrogen) atoms. The summed E-state index contributed by atoms with van der Waals surface area (Å²) in [6, 6.07) is 32.4. The zero-order valence-corrected chi connectivity index (χ0v) is 23.4. The van der Waals surface area contributed by atoms with Crippen molar-refractivity contribution < 1.29 is 13.9 Å². The van der Waals surface area contributed by atoms with E-state index in [1.807, 2.05) is 0 Å². The first kappa shape index (κ1) is 28.5. The molecular weight excluding hydrogens is 467 g/mol. The van der Waals surface area contributed by atoms with Crippen molar-refractivity contribution in [2.75, 3.05) is 27.4 Å². The predicted octanol–water partition coefficient (Wildman–Crippen LogP) is 7.24. The quantitative estimate of drug-likeness (QED) is 0.0992. The summed E-state index contributed by atoms with van der Waals surface area (Å²) in [5.74, 6) is 0. The fraction of sp³-hybridized carbons (Fsp3) is 0.400. The highest BCUT2D eigenvalue weighted by molar-refractivity contribution is 7.44. The molecule has 194 valence electrons. The molecule has 0 aliphatic carbocycles. The third kappa shape index (κ3) is 6.41. The molecule has 1 atom stereocenters. The topological polar surface area (TPSA) is 34.2 Å². The van der Waals surface area contributed by atoms with Crippen molar-refractivity contribution in [3.8, 4) is 0 Å². The number of nitrogens with zero attached hydrogens (tertiary/aromatic N) is 2. The Kier molecular flexibility index (Phi) is 11.1. The van der Waals surface area contributed by atoms with Crippen LogP contribution in [-0.4, -0.2) is 49.2 Å². The van der Waals surface area contributed by atoms with Gasteiger partial charge in [-0.1, -0.05) is 91.0 Å². The average molecular weight is 509 g/mol. The molecule has 0 saturated heterocycles. The lowest BCUT2D eigenvalue weighted by Crippen LogP contribution is -2.48. The summed E-state index contributed by atoms with van der Waals surface area (Å²) in [7, 11) is 2.37. The van der Waals surface area contributed by atoms with Crippen molar-refractivity contribution in [3.05, 3.63) is 108 Å². The molecule has 3 rings (SSSR count). The number of rotatable bonds is 14. The molecule has 0 aliphatic rings. The molecule has 0 amide bonds. The standard InChI is InChI=1S/C30H41N2O3P/c1-25(2)32(26(3)4)36(34-6)35-24-16-23-31(33-5)30(27-17-10-7-11-18-27,28-19-12-8-13-20-28)29-21-14-9-15-22-29/h7-15,17-22,25-26H,16,23-24H2,1-6H3. The van der Waals surface area contributed by atoms with Gasteiger partial charge in [-0.15, -0.1) is 0 Å². The van der Waals surface area contributed by atoms with Crippen LogP contribution >= 0.6 is 8.53 Å². The molecule has 0 radical (unpaired) electrons. The van der Waals surface area contributed by atoms with E-state index in [9.17, 15) is 0 Å². The number of hydroxylamine groups is 2. The molecule has 0 bridgehead atoms. The molecular formula is C30H41N2O3P. The molecule has 0 saturated carbocycles. The Morgan fingerprint density at radius 3 is 1.44 bits per heavy atom. The second kappa shape index (κ2) is 14.0. The first-order chi connectivity index (χ1) is 17.5. The van der Waals surface area contributed by atoms with Gasteiger partial charge in [0, 0.05) is 25.7 Å². The third-order valence-electron chi connectivity index (χ3n) is 6.28. The van der Waals surface area contributed by atoms with Crippen molar-refractivity contribution in [2.45, 2.75) is 51.7 Å². The van der Waals surface area contributed by atoms with Crippen LogP contribution in [0.1, 0.15) is 50.8 Å². The van der Waals surface area contributed by atoms with Crippen LogP contribution in [0.3, 0.4) is 0 Å². The molecule has 0 aliphatic heterocycles. The molecule has 0 fully saturated rings. The van der Waals surface area contributed by atoms with Gasteiger partial charge in [-0.2, -0.15) is 5.06 Å². The second-order valence-corrected chi connectivity index (χ2v) is 10.8. The molecule has 0 N–H and O–H groups in total. The van der Waals surface area contributed by atoms with Crippen LogP contribution < -0.4 is 0 Å². The van der Waals surface area contributed by atoms with Gasteiger partial charge in [-0.25, -0.2) is 4.67 Å². The van der Waals surface area contributed by atoms with Gasteiger partial charge >= 0.3 is 0 Å². The second-order valence-electron chi connectivity index (χ2n) is 9.27. The minimum atomic E-state index is -1.12. The number of benzene rings is 3. The molecule has 0 heterocycles. The Morgan fingerprint density at radius 1 is 0.694 bits per heavy atom. The van der Waals surface area contributed by atoms with E-state index in [4.69, 9.17) is 13.9 Å². The van der Waals surface area contributed by atoms with Crippen LogP contribution in [0.2, 0.25) is 0 Å². The fourth-order valence-electron chi connectivity index (χ4n) is 4.90. The van der Waals surface area contributed by atoms with Crippen molar-refractivity contribution in [1.82, 2.24) is 9.73 Å². The summed E-state index contributed by atoms with van der Waals surface area (Å²) in [4.78, 5) is 6.18. The van der Waals surface area contributed by atoms with Crippen molar-refractivity contribution >= 4 is 8.53 Å². The summed E-state index contributed by atoms with van der Waals surface area (Å²) in [6.45, 7) is 9.96. The van der Waals surface area contributed by atoms with Crippen LogP contribution in [0.25, 0.3) is 0 Å². The van der Waals surface area contributed by atoms with Crippen LogP contribution in [0.4, 0.5) is 0 Å². The maximum atomic E-state index is 6.29. The molecule has 0 spiro atoms. The summed E-state index contributed by atoms with van der Waals surface area (Å²) in [5, 5.41) is 2.09. The third-order valence-corrected chi connectivity index (χ3v) is 8.30. The van der Waals surface area contributed by atoms with Crippen LogP contribution in [-0.2, 0) is 19.4 Å². The SMILES string of the molecule is CON(CCCOP(OC)N(C(C)C)C(C)C)C(c1ccccc1)(c1ccccc1)c1ccccc1. The first-order valence-corrected chi connectivity index (χ1v) is 13.8. The minimum absolute atomic E-state index is 0.341. The minimum Gasteiger partial charge on any atom is -0.325 e. The molecule has 3 aromatic rings. The van der Waals surface area contributed by atoms with Gasteiger partial charge in [0.1, 0.15) is 5.54 Å². The molecule has 6 heteroatoms. The number of hydrogen-bond donors (Lipinski definition) is 0. The maximum Gasteiger partial charge on any atom is 0.258 e. The van der Waals surface area contributed by atoms with Crippen molar-refractivity contribution in [3.63, 3.8) is 0 Å². The Morgan fingerprint density at radius 2 is 1.11 bits per heavy atom. The highest BCUT2D eigenvalue weighted by Crippen LogP contribution is 2.46. The molecule has 3 aromatic carbocycles. The maximum absolute atomic E-state index is 6.29. The lowest BCUT2D eigenvalue weighted by atomic mass is 9.76. The molecule has 0 aromatic heterocycles. The largest absolute Gasteiger partial charge is 0.325 e. The fourth-order valence-corrected chi connectivity index (χ4v) is 6.37. The smallest absolute Gasteiger partial charge is 0.258 e. The summed E-state index contributed by atoms with van der Waals surface area (Å²) < 4.78 is 14.4. The van der Waals surface area contributed by atoms with Gasteiger partial charge in [0.25, 0.3) is 8.53 Å². The van der Waals surface area contributed by atoms with E-state index in [1.54, 1.807) is 14.2 Å². The average Bonchev–Trinajstić information content (AvgIpc) is 2.90. The van der Waals surface area contributed by atoms with Gasteiger partial charge < -0.3 is 13.9 Å². The zero-order chi connectivity index (χ0) is 26.0. The van der Waals surface area contributed by atoms with Gasteiger partial charge in [0.15, 0.2) is 0 Å². The van der Waals surface area contributed by atoms with Gasteiger partial charge in [0.05, 0.1) is 13.7 Å². The lowest BCUT2D eigenvalue weighted by Gasteiger charge is -2.44. The van der Waals surface area contributed by atoms with Gasteiger partial charge in [0.2, 0.25) is 0 Å². The van der Waals surface area contributed by atoms with E-state index in [2.05, 4.69) is 128 Å². The number of hydrogen-bond acceptors (Lipinski definition) is 5. The van der Waals surface area contributed by atoms with Crippen LogP contribution in [0.5, 0.6) is 0 Å². The predicted molar refractivity (Wildman–Crippen MR) is 150 cm³/mol. The Bertz CT molecular complexity index is 898. The summed E-state index contributed by atoms with van der Waals surface area (Å²) >= 11 is 0. The first-order valence-electron chi connectivity index (χ1n) is 12.7. The monoisotopic (exact) mass is 508 g/mol. The lowest BCUT2D eigenvalue weighted by molar-refractivity contribution is -0.182. The van der Waals surface area contributed by atoms with E-state index in [1.165, 1.54) is 0 Å². The van der Waals surface area contributed by atoms with E-state index < -0.39 is 14.1 Å². The summed E-state index contributed by atoms with van der Waals surface area (Å²) in [5.41, 5.74) is 2.83. The molecule has 5 nitrogen and oxygen atoms in total. The Balaban J connectivity index is 1.93. The Hall–Kier alpha value is -2.11. The van der Waals surface area contributed by atoms with E-state index >= 15 is 0 Å². The van der Waals surface area contributed by atoms with E-state index in [0.717, 1.165) is 23.1 Å². The van der Waals surface area contributed by atoms with Crippen molar-refractivity contribution in [2.24, 2.45) is 0 Å². The highest BCUT2D eigenvalue weighted by atomic mass is 31.2. The highest BCUT2D eigenvalue weighted by Gasteiger charge is 2.42. The zero-order valence-electron chi connectivity index (χ0n) is 22.5. The van der Waals surface area contributed by atoms with Gasteiger partial charge in [-0.05, 0) is 50.8 Å². The summed E-state index contributed by atoms with van der Waals surface area (Å²) in [6.07, 6.45) is 0.786.